The summed E-state index contributed by atoms with van der Waals surface area (Å²) in [6.45, 7) is 0. The average Bonchev–Trinajstić information content (AvgIpc) is 2.34. The van der Waals surface area contributed by atoms with Crippen molar-refractivity contribution in [2.45, 2.75) is 6.42 Å². The fourth-order valence-electron chi connectivity index (χ4n) is 1.52. The number of aromatic nitrogens is 1. The van der Waals surface area contributed by atoms with Crippen LogP contribution in [0.15, 0.2) is 36.5 Å². The molecule has 1 heterocycles. The number of pyridine rings is 1. The second-order valence-corrected chi connectivity index (χ2v) is 4.59. The fraction of sp³-hybridized carbons (Fsp3) is 0.0769. The number of ketones is 1. The van der Waals surface area contributed by atoms with Crippen LogP contribution >= 0.6 is 23.2 Å². The van der Waals surface area contributed by atoms with Crippen molar-refractivity contribution in [2.75, 3.05) is 5.73 Å². The van der Waals surface area contributed by atoms with Crippen LogP contribution in [-0.4, -0.2) is 10.8 Å². The normalized spacial score (nSPS) is 10.3. The Hall–Kier alpha value is -1.58. The summed E-state index contributed by atoms with van der Waals surface area (Å²) < 4.78 is 0. The molecule has 1 aromatic heterocycles. The topological polar surface area (TPSA) is 56.0 Å². The van der Waals surface area contributed by atoms with Gasteiger partial charge >= 0.3 is 0 Å². The van der Waals surface area contributed by atoms with E-state index in [-0.39, 0.29) is 12.2 Å². The van der Waals surface area contributed by atoms with Crippen molar-refractivity contribution in [3.05, 3.63) is 57.8 Å². The average molecular weight is 281 g/mol. The number of Topliss-reactive ketones (excluding diaryl/α,β-unsaturated/α-hetero) is 1. The number of carbonyl (C=O) groups excluding carboxylic acids is 1. The van der Waals surface area contributed by atoms with Gasteiger partial charge in [-0.1, -0.05) is 29.3 Å². The standard InChI is InChI=1S/C13H10Cl2N2O/c14-10-2-1-3-11(15)9(10)6-13(18)12-5-4-8(16)7-17-12/h1-5,7H,6,16H2. The number of nitrogen functional groups attached to an aromatic ring is 1. The first-order chi connectivity index (χ1) is 8.58. The first kappa shape index (κ1) is 12.9. The van der Waals surface area contributed by atoms with Crippen LogP contribution in [0.5, 0.6) is 0 Å². The number of rotatable bonds is 3. The lowest BCUT2D eigenvalue weighted by molar-refractivity contribution is 0.0988. The van der Waals surface area contributed by atoms with E-state index in [0.29, 0.717) is 27.0 Å². The summed E-state index contributed by atoms with van der Waals surface area (Å²) in [5.74, 6) is -0.148. The van der Waals surface area contributed by atoms with E-state index in [1.165, 1.54) is 6.20 Å². The monoisotopic (exact) mass is 280 g/mol. The predicted molar refractivity (Wildman–Crippen MR) is 73.1 cm³/mol. The Kier molecular flexibility index (Phi) is 3.84. The van der Waals surface area contributed by atoms with Crippen LogP contribution < -0.4 is 5.73 Å². The highest BCUT2D eigenvalue weighted by Gasteiger charge is 2.13. The van der Waals surface area contributed by atoms with Gasteiger partial charge in [-0.2, -0.15) is 0 Å². The summed E-state index contributed by atoms with van der Waals surface area (Å²) in [6.07, 6.45) is 1.57. The molecule has 0 saturated carbocycles. The Labute approximate surface area is 115 Å². The Morgan fingerprint density at radius 1 is 1.17 bits per heavy atom. The molecule has 0 fully saturated rings. The molecule has 0 saturated heterocycles. The molecular formula is C13H10Cl2N2O. The van der Waals surface area contributed by atoms with Gasteiger partial charge in [0.15, 0.2) is 5.78 Å². The van der Waals surface area contributed by atoms with E-state index < -0.39 is 0 Å². The van der Waals surface area contributed by atoms with Gasteiger partial charge in [0.05, 0.1) is 11.9 Å². The van der Waals surface area contributed by atoms with Crippen molar-refractivity contribution in [3.63, 3.8) is 0 Å². The maximum atomic E-state index is 12.0. The van der Waals surface area contributed by atoms with E-state index in [9.17, 15) is 4.79 Å². The SMILES string of the molecule is Nc1ccc(C(=O)Cc2c(Cl)cccc2Cl)nc1. The van der Waals surface area contributed by atoms with Gasteiger partial charge in [-0.3, -0.25) is 9.78 Å². The van der Waals surface area contributed by atoms with E-state index in [0.717, 1.165) is 0 Å². The maximum Gasteiger partial charge on any atom is 0.185 e. The molecule has 0 spiro atoms. The van der Waals surface area contributed by atoms with Gasteiger partial charge in [0.1, 0.15) is 5.69 Å². The van der Waals surface area contributed by atoms with Crippen molar-refractivity contribution >= 4 is 34.7 Å². The van der Waals surface area contributed by atoms with E-state index in [1.807, 2.05) is 0 Å². The number of nitrogens with zero attached hydrogens (tertiary/aromatic N) is 1. The third-order valence-electron chi connectivity index (χ3n) is 2.47. The lowest BCUT2D eigenvalue weighted by Crippen LogP contribution is -2.07. The molecule has 0 unspecified atom stereocenters. The van der Waals surface area contributed by atoms with Crippen molar-refractivity contribution in [2.24, 2.45) is 0 Å². The Bertz CT molecular complexity index is 562. The molecule has 0 bridgehead atoms. The number of carbonyl (C=O) groups is 1. The molecule has 0 aliphatic carbocycles. The van der Waals surface area contributed by atoms with Crippen LogP contribution in [0.4, 0.5) is 5.69 Å². The van der Waals surface area contributed by atoms with Crippen LogP contribution in [0, 0.1) is 0 Å². The molecule has 0 aliphatic rings. The van der Waals surface area contributed by atoms with Crippen LogP contribution in [0.1, 0.15) is 16.1 Å². The zero-order valence-electron chi connectivity index (χ0n) is 9.36. The van der Waals surface area contributed by atoms with E-state index in [2.05, 4.69) is 4.98 Å². The molecular weight excluding hydrogens is 271 g/mol. The van der Waals surface area contributed by atoms with Crippen LogP contribution in [0.25, 0.3) is 0 Å². The van der Waals surface area contributed by atoms with Crippen LogP contribution in [0.3, 0.4) is 0 Å². The molecule has 2 aromatic rings. The largest absolute Gasteiger partial charge is 0.397 e. The summed E-state index contributed by atoms with van der Waals surface area (Å²) in [5.41, 5.74) is 6.99. The highest BCUT2D eigenvalue weighted by Crippen LogP contribution is 2.25. The molecule has 1 aromatic carbocycles. The van der Waals surface area contributed by atoms with Crippen LogP contribution in [-0.2, 0) is 6.42 Å². The first-order valence-corrected chi connectivity index (χ1v) is 6.01. The van der Waals surface area contributed by atoms with E-state index in [1.54, 1.807) is 30.3 Å². The minimum absolute atomic E-state index is 0.120. The summed E-state index contributed by atoms with van der Waals surface area (Å²) >= 11 is 12.0. The number of hydrogen-bond acceptors (Lipinski definition) is 3. The van der Waals surface area contributed by atoms with Gasteiger partial charge in [-0.15, -0.1) is 0 Å². The summed E-state index contributed by atoms with van der Waals surface area (Å²) in [5, 5.41) is 0.956. The van der Waals surface area contributed by atoms with Crippen molar-refractivity contribution < 1.29 is 4.79 Å². The summed E-state index contributed by atoms with van der Waals surface area (Å²) in [6, 6.07) is 8.36. The van der Waals surface area contributed by atoms with Gasteiger partial charge in [-0.05, 0) is 29.8 Å². The second-order valence-electron chi connectivity index (χ2n) is 3.78. The molecule has 0 atom stereocenters. The number of nitrogens with two attached hydrogens (primary N) is 1. The van der Waals surface area contributed by atoms with Gasteiger partial charge in [-0.25, -0.2) is 0 Å². The Morgan fingerprint density at radius 3 is 2.39 bits per heavy atom. The van der Waals surface area contributed by atoms with Gasteiger partial charge in [0.2, 0.25) is 0 Å². The highest BCUT2D eigenvalue weighted by atomic mass is 35.5. The number of halogens is 2. The number of anilines is 1. The first-order valence-electron chi connectivity index (χ1n) is 5.25. The minimum Gasteiger partial charge on any atom is -0.397 e. The van der Waals surface area contributed by atoms with Gasteiger partial charge < -0.3 is 5.73 Å². The summed E-state index contributed by atoms with van der Waals surface area (Å²) in [4.78, 5) is 16.0. The van der Waals surface area contributed by atoms with Crippen LogP contribution in [0.2, 0.25) is 10.0 Å². The molecule has 92 valence electrons. The lowest BCUT2D eigenvalue weighted by Gasteiger charge is -2.05. The lowest BCUT2D eigenvalue weighted by atomic mass is 10.1. The zero-order chi connectivity index (χ0) is 13.1. The van der Waals surface area contributed by atoms with E-state index in [4.69, 9.17) is 28.9 Å². The smallest absolute Gasteiger partial charge is 0.185 e. The maximum absolute atomic E-state index is 12.0. The van der Waals surface area contributed by atoms with Crippen molar-refractivity contribution in [1.29, 1.82) is 0 Å². The second kappa shape index (κ2) is 5.38. The molecule has 0 aliphatic heterocycles. The Morgan fingerprint density at radius 2 is 1.83 bits per heavy atom. The predicted octanol–water partition coefficient (Wildman–Crippen LogP) is 3.40. The molecule has 5 heteroatoms. The van der Waals surface area contributed by atoms with E-state index >= 15 is 0 Å². The molecule has 2 N–H and O–H groups in total. The molecule has 0 amide bonds. The molecule has 18 heavy (non-hydrogen) atoms. The number of benzene rings is 1. The third-order valence-corrected chi connectivity index (χ3v) is 3.18. The summed E-state index contributed by atoms with van der Waals surface area (Å²) in [7, 11) is 0. The third kappa shape index (κ3) is 2.81. The van der Waals surface area contributed by atoms with Gasteiger partial charge in [0.25, 0.3) is 0 Å². The fourth-order valence-corrected chi connectivity index (χ4v) is 2.05. The molecule has 3 nitrogen and oxygen atoms in total. The Balaban J connectivity index is 2.24. The minimum atomic E-state index is -0.148. The molecule has 2 rings (SSSR count). The highest BCUT2D eigenvalue weighted by molar-refractivity contribution is 6.36. The quantitative estimate of drug-likeness (QED) is 0.877. The zero-order valence-corrected chi connectivity index (χ0v) is 10.9. The number of hydrogen-bond donors (Lipinski definition) is 1. The van der Waals surface area contributed by atoms with Crippen molar-refractivity contribution in [3.8, 4) is 0 Å². The molecule has 0 radical (unpaired) electrons. The van der Waals surface area contributed by atoms with Crippen molar-refractivity contribution in [1.82, 2.24) is 4.98 Å². The van der Waals surface area contributed by atoms with Gasteiger partial charge in [0, 0.05) is 16.5 Å².